The molecule has 43 nitrogen and oxygen atoms in total. The van der Waals surface area contributed by atoms with E-state index in [1.54, 1.807) is 0 Å². The lowest BCUT2D eigenvalue weighted by molar-refractivity contribution is -0.270. The molecule has 4 aliphatic heterocycles. The summed E-state index contributed by atoms with van der Waals surface area (Å²) in [5.74, 6) is -3.83. The number of aliphatic hydroxyl groups excluding tert-OH is 10. The normalized spacial score (nSPS) is 25.3. The maximum absolute atomic E-state index is 14.1. The van der Waals surface area contributed by atoms with Crippen molar-refractivity contribution in [2.75, 3.05) is 132 Å². The number of amides is 11. The minimum atomic E-state index is -1.47. The van der Waals surface area contributed by atoms with Gasteiger partial charge in [0, 0.05) is 144 Å². The van der Waals surface area contributed by atoms with Gasteiger partial charge >= 0.3 is 0 Å². The van der Waals surface area contributed by atoms with E-state index in [9.17, 15) is 104 Å². The lowest BCUT2D eigenvalue weighted by Gasteiger charge is -2.42. The van der Waals surface area contributed by atoms with Crippen LogP contribution in [0.1, 0.15) is 202 Å². The zero-order valence-electron chi connectivity index (χ0n) is 73.5. The quantitative estimate of drug-likeness (QED) is 0.0254. The standard InChI is InChI=1S/C82H147N11O32/c1-52(2)121-57-43-56(122-58(57)45-94)44-89-65(104)23-12-10-8-6-7-9-11-13-27-69(108)93-82(49-115-40-28-66(105)86-34-20-31-83-62(101)24-14-17-37-118-79-70(90-53(3)98)76(112)73(109)59(46-95)123-79,50-116-41-29-67(106)87-35-21-32-84-63(102)25-15-18-38-119-80-71(91-54(4)99)77(113)74(110)60(47-96)124-80)51-117-42-30-68(107)88-36-22-33-85-64(103)26-16-19-39-120-81-72(92-55(5)100)78(114)75(111)61(48-97)125-81/h52,56-61,70-81,94-97,109-114H,6-51H2,1-5H3,(H,83,101)(H,84,102)(H,85,103)(H,86,105)(H,87,106)(H,88,107)(H,89,104)(H,90,98)(H,91,99)(H,92,100)(H,93,108)/t56-,57+,58-,59?,60?,61?,70?,71?,72?,73?,74?,75?,76?,77?,78?,79?,80?,81?,82?/m1/s1. The molecular formula is C82H147N11O32. The number of hydrogen-bond acceptors (Lipinski definition) is 32. The van der Waals surface area contributed by atoms with Crippen molar-refractivity contribution in [2.45, 2.75) is 323 Å². The molecule has 0 saturated carbocycles. The molecule has 125 heavy (non-hydrogen) atoms. The summed E-state index contributed by atoms with van der Waals surface area (Å²) < 4.78 is 64.0. The fourth-order valence-electron chi connectivity index (χ4n) is 14.2. The molecule has 4 aliphatic rings. The second kappa shape index (κ2) is 64.1. The van der Waals surface area contributed by atoms with E-state index in [0.29, 0.717) is 90.0 Å². The van der Waals surface area contributed by atoms with Gasteiger partial charge in [0.1, 0.15) is 84.7 Å². The molecule has 4 heterocycles. The average Bonchev–Trinajstić information content (AvgIpc) is 1.65. The van der Waals surface area contributed by atoms with Gasteiger partial charge in [-0.15, -0.1) is 0 Å². The predicted molar refractivity (Wildman–Crippen MR) is 444 cm³/mol. The fraction of sp³-hybridized carbons (Fsp3) is 0.866. The molecule has 43 heteroatoms. The minimum absolute atomic E-state index is 0.0224. The highest BCUT2D eigenvalue weighted by molar-refractivity contribution is 5.79. The highest BCUT2D eigenvalue weighted by Crippen LogP contribution is 2.28. The first kappa shape index (κ1) is 111. The second-order valence-corrected chi connectivity index (χ2v) is 32.2. The number of carbonyl (C=O) groups is 11. The van der Waals surface area contributed by atoms with Gasteiger partial charge in [0.25, 0.3) is 0 Å². The first-order chi connectivity index (χ1) is 59.9. The topological polar surface area (TPSA) is 624 Å². The molecular weight excluding hydrogens is 1650 g/mol. The van der Waals surface area contributed by atoms with Gasteiger partial charge in [0.15, 0.2) is 18.9 Å². The minimum Gasteiger partial charge on any atom is -0.394 e. The van der Waals surface area contributed by atoms with Gasteiger partial charge in [-0.05, 0) is 84.5 Å². The van der Waals surface area contributed by atoms with E-state index in [4.69, 9.17) is 52.1 Å². The van der Waals surface area contributed by atoms with Gasteiger partial charge in [-0.25, -0.2) is 0 Å². The Kier molecular flexibility index (Phi) is 56.8. The summed E-state index contributed by atoms with van der Waals surface area (Å²) in [6.45, 7) is 6.27. The van der Waals surface area contributed by atoms with Gasteiger partial charge in [0.05, 0.1) is 84.4 Å². The van der Waals surface area contributed by atoms with Crippen LogP contribution in [0.25, 0.3) is 0 Å². The van der Waals surface area contributed by atoms with Crippen molar-refractivity contribution < 1.29 is 156 Å². The van der Waals surface area contributed by atoms with Crippen LogP contribution in [-0.2, 0) is 105 Å². The molecule has 0 aromatic rings. The Morgan fingerprint density at radius 2 is 0.616 bits per heavy atom. The number of unbranched alkanes of at least 4 members (excludes halogenated alkanes) is 10. The van der Waals surface area contributed by atoms with E-state index >= 15 is 0 Å². The smallest absolute Gasteiger partial charge is 0.222 e. The summed E-state index contributed by atoms with van der Waals surface area (Å²) in [4.78, 5) is 140. The predicted octanol–water partition coefficient (Wildman–Crippen LogP) is -4.72. The van der Waals surface area contributed by atoms with E-state index in [2.05, 4.69) is 58.5 Å². The second-order valence-electron chi connectivity index (χ2n) is 32.2. The van der Waals surface area contributed by atoms with Crippen molar-refractivity contribution in [3.8, 4) is 0 Å². The van der Waals surface area contributed by atoms with Crippen LogP contribution in [-0.4, -0.2) is 370 Å². The number of hydrogen-bond donors (Lipinski definition) is 21. The van der Waals surface area contributed by atoms with Crippen LogP contribution in [0.3, 0.4) is 0 Å². The number of aliphatic hydroxyl groups is 10. The van der Waals surface area contributed by atoms with Crippen LogP contribution in [0.2, 0.25) is 0 Å². The molecule has 4 rings (SSSR count). The number of carbonyl (C=O) groups excluding carboxylic acids is 11. The monoisotopic (exact) mass is 1800 g/mol. The maximum atomic E-state index is 14.1. The third kappa shape index (κ3) is 45.9. The summed E-state index contributed by atoms with van der Waals surface area (Å²) in [7, 11) is 0. The molecule has 0 aromatic carbocycles. The molecule has 18 atom stereocenters. The first-order valence-corrected chi connectivity index (χ1v) is 44.3. The Morgan fingerprint density at radius 1 is 0.336 bits per heavy atom. The molecule has 11 amide bonds. The number of ether oxygens (including phenoxy) is 11. The summed E-state index contributed by atoms with van der Waals surface area (Å²) in [5, 5.41) is 131. The van der Waals surface area contributed by atoms with Crippen LogP contribution in [0.15, 0.2) is 0 Å². The fourth-order valence-corrected chi connectivity index (χ4v) is 14.2. The average molecular weight is 1800 g/mol. The van der Waals surface area contributed by atoms with Crippen LogP contribution in [0, 0.1) is 0 Å². The zero-order valence-corrected chi connectivity index (χ0v) is 73.5. The molecule has 0 bridgehead atoms. The Balaban J connectivity index is 1.30. The molecule has 0 spiro atoms. The zero-order chi connectivity index (χ0) is 91.9. The summed E-state index contributed by atoms with van der Waals surface area (Å²) in [6.07, 6.45) is -5.61. The Morgan fingerprint density at radius 3 is 0.912 bits per heavy atom. The summed E-state index contributed by atoms with van der Waals surface area (Å²) in [6, 6.07) is -3.30. The van der Waals surface area contributed by atoms with Gasteiger partial charge in [-0.1, -0.05) is 38.5 Å². The van der Waals surface area contributed by atoms with Gasteiger partial charge in [-0.2, -0.15) is 0 Å². The third-order valence-corrected chi connectivity index (χ3v) is 20.9. The summed E-state index contributed by atoms with van der Waals surface area (Å²) in [5.41, 5.74) is -1.44. The van der Waals surface area contributed by atoms with Gasteiger partial charge in [0.2, 0.25) is 65.0 Å². The van der Waals surface area contributed by atoms with Crippen molar-refractivity contribution in [1.29, 1.82) is 0 Å². The van der Waals surface area contributed by atoms with Crippen LogP contribution >= 0.6 is 0 Å². The largest absolute Gasteiger partial charge is 0.394 e. The molecule has 0 aromatic heterocycles. The Labute approximate surface area is 731 Å². The van der Waals surface area contributed by atoms with Crippen molar-refractivity contribution >= 4 is 65.0 Å². The third-order valence-electron chi connectivity index (χ3n) is 20.9. The van der Waals surface area contributed by atoms with Crippen LogP contribution in [0.5, 0.6) is 0 Å². The maximum Gasteiger partial charge on any atom is 0.222 e. The van der Waals surface area contributed by atoms with Crippen molar-refractivity contribution in [3.63, 3.8) is 0 Å². The van der Waals surface area contributed by atoms with E-state index in [1.165, 1.54) is 20.8 Å². The van der Waals surface area contributed by atoms with E-state index in [-0.39, 0.29) is 216 Å². The van der Waals surface area contributed by atoms with E-state index in [0.717, 1.165) is 38.5 Å². The van der Waals surface area contributed by atoms with Crippen molar-refractivity contribution in [1.82, 2.24) is 58.5 Å². The highest BCUT2D eigenvalue weighted by Gasteiger charge is 2.48. The van der Waals surface area contributed by atoms with E-state index < -0.39 is 141 Å². The first-order valence-electron chi connectivity index (χ1n) is 44.3. The van der Waals surface area contributed by atoms with Crippen LogP contribution < -0.4 is 58.5 Å². The van der Waals surface area contributed by atoms with Crippen molar-refractivity contribution in [3.05, 3.63) is 0 Å². The molecule has 4 saturated heterocycles. The molecule has 15 unspecified atom stereocenters. The lowest BCUT2D eigenvalue weighted by Crippen LogP contribution is -2.64. The van der Waals surface area contributed by atoms with Gasteiger partial charge < -0.3 is 162 Å². The highest BCUT2D eigenvalue weighted by atomic mass is 16.7. The van der Waals surface area contributed by atoms with E-state index in [1.807, 2.05) is 13.8 Å². The molecule has 0 radical (unpaired) electrons. The Bertz CT molecular complexity index is 2860. The lowest BCUT2D eigenvalue weighted by atomic mass is 9.97. The van der Waals surface area contributed by atoms with Gasteiger partial charge in [-0.3, -0.25) is 52.7 Å². The molecule has 722 valence electrons. The summed E-state index contributed by atoms with van der Waals surface area (Å²) >= 11 is 0. The van der Waals surface area contributed by atoms with Crippen molar-refractivity contribution in [2.24, 2.45) is 0 Å². The van der Waals surface area contributed by atoms with Crippen LogP contribution in [0.4, 0.5) is 0 Å². The molecule has 4 fully saturated rings. The SMILES string of the molecule is CC(=O)NC1C(OCCCCC(=O)NCCCNC(=O)CCOCC(COCCC(=O)NCCCNC(=O)CCCCOC2OC(CO)C(O)C(O)C2NC(C)=O)(COCCC(=O)NCCCNC(=O)CCCCOC2OC(CO)C(O)C(O)C2NC(C)=O)NC(=O)CCCCCCCCCCC(=O)NC[C@H]2C[C@H](OC(C)C)[C@@H](CO)O2)OC(CO)C(O)C1O. The Hall–Kier alpha value is -6.67. The number of nitrogens with one attached hydrogen (secondary N) is 11. The number of rotatable bonds is 68. The molecule has 21 N–H and O–H groups in total. The molecule has 0 aliphatic carbocycles.